The number of piperidine rings is 1. The predicted molar refractivity (Wildman–Crippen MR) is 68.5 cm³/mol. The summed E-state index contributed by atoms with van der Waals surface area (Å²) in [5, 5.41) is 3.00. The lowest BCUT2D eigenvalue weighted by atomic mass is 10.0. The number of carbonyl (C=O) groups excluding carboxylic acids is 2. The van der Waals surface area contributed by atoms with E-state index < -0.39 is 0 Å². The number of hydrogen-bond donors (Lipinski definition) is 1. The first-order valence-electron chi connectivity index (χ1n) is 6.89. The molecule has 1 unspecified atom stereocenters. The Morgan fingerprint density at radius 3 is 2.79 bits per heavy atom. The van der Waals surface area contributed by atoms with Gasteiger partial charge in [-0.25, -0.2) is 0 Å². The number of nitrogens with zero attached hydrogens (tertiary/aromatic N) is 1. The molecule has 2 amide bonds. The zero-order valence-corrected chi connectivity index (χ0v) is 10.8. The van der Waals surface area contributed by atoms with Crippen molar-refractivity contribution in [2.24, 2.45) is 0 Å². The van der Waals surface area contributed by atoms with Crippen LogP contribution in [0.25, 0.3) is 0 Å². The fraction of sp³-hybridized carbons (Fsp3) is 0.571. The summed E-state index contributed by atoms with van der Waals surface area (Å²) in [5.74, 6) is -0.108. The maximum absolute atomic E-state index is 12.4. The van der Waals surface area contributed by atoms with Gasteiger partial charge in [-0.05, 0) is 38.2 Å². The van der Waals surface area contributed by atoms with Crippen molar-refractivity contribution in [1.29, 1.82) is 0 Å². The Morgan fingerprint density at radius 1 is 1.26 bits per heavy atom. The summed E-state index contributed by atoms with van der Waals surface area (Å²) >= 11 is 0. The summed E-state index contributed by atoms with van der Waals surface area (Å²) in [6.07, 6.45) is 7.75. The zero-order valence-electron chi connectivity index (χ0n) is 10.8. The average Bonchev–Trinajstić information content (AvgIpc) is 3.08. The highest BCUT2D eigenvalue weighted by atomic mass is 16.3. The Bertz CT molecular complexity index is 465. The van der Waals surface area contributed by atoms with Crippen molar-refractivity contribution in [3.8, 4) is 0 Å². The fourth-order valence-electron chi connectivity index (χ4n) is 2.52. The van der Waals surface area contributed by atoms with Crippen LogP contribution >= 0.6 is 0 Å². The number of carbonyl (C=O) groups is 2. The quantitative estimate of drug-likeness (QED) is 0.899. The van der Waals surface area contributed by atoms with Crippen LogP contribution in [0.5, 0.6) is 0 Å². The van der Waals surface area contributed by atoms with Crippen molar-refractivity contribution in [2.45, 2.75) is 44.2 Å². The van der Waals surface area contributed by atoms with E-state index in [1.807, 2.05) is 0 Å². The van der Waals surface area contributed by atoms with Crippen LogP contribution in [0.4, 0.5) is 0 Å². The Labute approximate surface area is 111 Å². The van der Waals surface area contributed by atoms with Crippen molar-refractivity contribution in [1.82, 2.24) is 10.2 Å². The van der Waals surface area contributed by atoms with E-state index in [2.05, 4.69) is 5.32 Å². The highest BCUT2D eigenvalue weighted by Crippen LogP contribution is 2.23. The lowest BCUT2D eigenvalue weighted by molar-refractivity contribution is -0.126. The van der Waals surface area contributed by atoms with Crippen LogP contribution in [0, 0.1) is 0 Å². The molecule has 2 heterocycles. The molecule has 102 valence electrons. The van der Waals surface area contributed by atoms with Crippen molar-refractivity contribution in [3.63, 3.8) is 0 Å². The summed E-state index contributed by atoms with van der Waals surface area (Å²) in [6.45, 7) is 0.646. The van der Waals surface area contributed by atoms with E-state index >= 15 is 0 Å². The lowest BCUT2D eigenvalue weighted by Gasteiger charge is -2.34. The zero-order chi connectivity index (χ0) is 13.2. The van der Waals surface area contributed by atoms with Crippen LogP contribution in [-0.2, 0) is 4.79 Å². The maximum atomic E-state index is 12.4. The molecule has 5 nitrogen and oxygen atoms in total. The van der Waals surface area contributed by atoms with E-state index in [9.17, 15) is 9.59 Å². The van der Waals surface area contributed by atoms with Gasteiger partial charge in [-0.3, -0.25) is 9.59 Å². The molecule has 0 aromatic carbocycles. The molecular weight excluding hydrogens is 244 g/mol. The molecule has 1 aliphatic heterocycles. The van der Waals surface area contributed by atoms with Gasteiger partial charge in [0.25, 0.3) is 5.91 Å². The van der Waals surface area contributed by atoms with Crippen molar-refractivity contribution in [3.05, 3.63) is 24.2 Å². The molecule has 0 radical (unpaired) electrons. The molecule has 1 saturated carbocycles. The van der Waals surface area contributed by atoms with Crippen molar-refractivity contribution < 1.29 is 14.0 Å². The minimum atomic E-state index is -0.322. The summed E-state index contributed by atoms with van der Waals surface area (Å²) < 4.78 is 4.95. The minimum Gasteiger partial charge on any atom is -0.472 e. The molecule has 1 aromatic heterocycles. The van der Waals surface area contributed by atoms with Gasteiger partial charge in [-0.1, -0.05) is 0 Å². The third-order valence-electron chi connectivity index (χ3n) is 3.76. The van der Waals surface area contributed by atoms with Crippen LogP contribution in [-0.4, -0.2) is 35.3 Å². The Hall–Kier alpha value is -1.78. The minimum absolute atomic E-state index is 0.000884. The van der Waals surface area contributed by atoms with E-state index in [1.54, 1.807) is 11.0 Å². The normalized spacial score (nSPS) is 23.2. The summed E-state index contributed by atoms with van der Waals surface area (Å²) in [4.78, 5) is 26.3. The van der Waals surface area contributed by atoms with Crippen LogP contribution in [0.1, 0.15) is 42.5 Å². The third-order valence-corrected chi connectivity index (χ3v) is 3.76. The fourth-order valence-corrected chi connectivity index (χ4v) is 2.52. The standard InChI is InChI=1S/C14H18N2O3/c17-13(15-11-4-5-11)12-3-1-2-7-16(12)14(18)10-6-8-19-9-10/h6,8-9,11-12H,1-5,7H2,(H,15,17). The van der Waals surface area contributed by atoms with Crippen molar-refractivity contribution >= 4 is 11.8 Å². The van der Waals surface area contributed by atoms with Gasteiger partial charge in [0, 0.05) is 12.6 Å². The highest BCUT2D eigenvalue weighted by molar-refractivity contribution is 5.97. The summed E-state index contributed by atoms with van der Waals surface area (Å²) in [7, 11) is 0. The van der Waals surface area contributed by atoms with Crippen LogP contribution in [0.3, 0.4) is 0 Å². The summed E-state index contributed by atoms with van der Waals surface area (Å²) in [6, 6.07) is 1.66. The van der Waals surface area contributed by atoms with Gasteiger partial charge >= 0.3 is 0 Å². The van der Waals surface area contributed by atoms with Gasteiger partial charge in [-0.15, -0.1) is 0 Å². The second kappa shape index (κ2) is 5.07. The molecule has 2 aliphatic rings. The molecule has 3 rings (SSSR count). The number of furan rings is 1. The predicted octanol–water partition coefficient (Wildman–Crippen LogP) is 1.55. The van der Waals surface area contributed by atoms with Crippen molar-refractivity contribution in [2.75, 3.05) is 6.54 Å². The Morgan fingerprint density at radius 2 is 2.11 bits per heavy atom. The van der Waals surface area contributed by atoms with Crippen LogP contribution in [0.15, 0.2) is 23.0 Å². The highest BCUT2D eigenvalue weighted by Gasteiger charge is 2.35. The second-order valence-electron chi connectivity index (χ2n) is 5.31. The lowest BCUT2D eigenvalue weighted by Crippen LogP contribution is -2.52. The Kier molecular flexibility index (Phi) is 3.27. The molecule has 1 aromatic rings. The molecule has 1 aliphatic carbocycles. The molecule has 1 atom stereocenters. The van der Waals surface area contributed by atoms with Gasteiger partial charge in [0.2, 0.25) is 5.91 Å². The van der Waals surface area contributed by atoms with Crippen LogP contribution in [0.2, 0.25) is 0 Å². The van der Waals surface area contributed by atoms with Gasteiger partial charge in [0.15, 0.2) is 0 Å². The molecule has 1 saturated heterocycles. The second-order valence-corrected chi connectivity index (χ2v) is 5.31. The number of hydrogen-bond acceptors (Lipinski definition) is 3. The van der Waals surface area contributed by atoms with E-state index in [-0.39, 0.29) is 17.9 Å². The number of rotatable bonds is 3. The first kappa shape index (κ1) is 12.3. The molecular formula is C14H18N2O3. The van der Waals surface area contributed by atoms with E-state index in [1.165, 1.54) is 12.5 Å². The largest absolute Gasteiger partial charge is 0.472 e. The monoisotopic (exact) mass is 262 g/mol. The molecule has 5 heteroatoms. The van der Waals surface area contributed by atoms with E-state index in [4.69, 9.17) is 4.42 Å². The van der Waals surface area contributed by atoms with Gasteiger partial charge in [-0.2, -0.15) is 0 Å². The molecule has 0 bridgehead atoms. The molecule has 2 fully saturated rings. The van der Waals surface area contributed by atoms with Gasteiger partial charge in [0.1, 0.15) is 12.3 Å². The Balaban J connectivity index is 1.72. The number of nitrogens with one attached hydrogen (secondary N) is 1. The smallest absolute Gasteiger partial charge is 0.257 e. The first-order valence-corrected chi connectivity index (χ1v) is 6.89. The number of amides is 2. The summed E-state index contributed by atoms with van der Waals surface area (Å²) in [5.41, 5.74) is 0.520. The van der Waals surface area contributed by atoms with Crippen LogP contribution < -0.4 is 5.32 Å². The number of likely N-dealkylation sites (tertiary alicyclic amines) is 1. The van der Waals surface area contributed by atoms with E-state index in [0.29, 0.717) is 18.2 Å². The van der Waals surface area contributed by atoms with Gasteiger partial charge in [0.05, 0.1) is 11.8 Å². The maximum Gasteiger partial charge on any atom is 0.257 e. The van der Waals surface area contributed by atoms with E-state index in [0.717, 1.165) is 32.1 Å². The SMILES string of the molecule is O=C(NC1CC1)C1CCCCN1C(=O)c1ccoc1. The molecule has 19 heavy (non-hydrogen) atoms. The average molecular weight is 262 g/mol. The third kappa shape index (κ3) is 2.64. The van der Waals surface area contributed by atoms with Gasteiger partial charge < -0.3 is 14.6 Å². The molecule has 1 N–H and O–H groups in total. The topological polar surface area (TPSA) is 62.6 Å². The first-order chi connectivity index (χ1) is 9.25. The molecule has 0 spiro atoms.